The molecule has 0 radical (unpaired) electrons. The third-order valence-electron chi connectivity index (χ3n) is 3.15. The van der Waals surface area contributed by atoms with Gasteiger partial charge in [0, 0.05) is 22.4 Å². The molecule has 0 bridgehead atoms. The van der Waals surface area contributed by atoms with Gasteiger partial charge in [-0.15, -0.1) is 11.3 Å². The second-order valence-electron chi connectivity index (χ2n) is 4.97. The molecule has 8 heteroatoms. The van der Waals surface area contributed by atoms with Crippen LogP contribution in [0.1, 0.15) is 11.8 Å². The third kappa shape index (κ3) is 5.92. The van der Waals surface area contributed by atoms with E-state index in [-0.39, 0.29) is 5.75 Å². The minimum absolute atomic E-state index is 0.0120. The van der Waals surface area contributed by atoms with Gasteiger partial charge < -0.3 is 10.6 Å². The Bertz CT molecular complexity index is 757. The molecule has 24 heavy (non-hydrogen) atoms. The van der Waals surface area contributed by atoms with Gasteiger partial charge in [-0.25, -0.2) is 13.4 Å². The number of nitrogens with one attached hydrogen (secondary N) is 2. The van der Waals surface area contributed by atoms with Crippen LogP contribution in [0.25, 0.3) is 0 Å². The van der Waals surface area contributed by atoms with Gasteiger partial charge in [-0.1, -0.05) is 22.0 Å². The fourth-order valence-electron chi connectivity index (χ4n) is 1.96. The van der Waals surface area contributed by atoms with Gasteiger partial charge in [-0.05, 0) is 42.6 Å². The third-order valence-corrected chi connectivity index (χ3v) is 6.28. The Morgan fingerprint density at radius 1 is 1.21 bits per heavy atom. The van der Waals surface area contributed by atoms with E-state index in [0.717, 1.165) is 15.9 Å². The lowest BCUT2D eigenvalue weighted by molar-refractivity contribution is 0.594. The van der Waals surface area contributed by atoms with Crippen molar-refractivity contribution in [2.24, 2.45) is 4.99 Å². The Labute approximate surface area is 155 Å². The molecule has 0 spiro atoms. The van der Waals surface area contributed by atoms with Crippen molar-refractivity contribution in [2.45, 2.75) is 18.4 Å². The second kappa shape index (κ2) is 9.19. The van der Waals surface area contributed by atoms with Gasteiger partial charge in [0.25, 0.3) is 0 Å². The van der Waals surface area contributed by atoms with Crippen molar-refractivity contribution in [1.82, 2.24) is 10.6 Å². The summed E-state index contributed by atoms with van der Waals surface area (Å²) in [5, 5.41) is 8.21. The Morgan fingerprint density at radius 3 is 2.58 bits per heavy atom. The van der Waals surface area contributed by atoms with Gasteiger partial charge in [0.05, 0.1) is 17.2 Å². The van der Waals surface area contributed by atoms with E-state index in [1.54, 1.807) is 35.6 Å². The maximum absolute atomic E-state index is 12.3. The van der Waals surface area contributed by atoms with Crippen LogP contribution < -0.4 is 10.6 Å². The highest BCUT2D eigenvalue weighted by atomic mass is 79.9. The summed E-state index contributed by atoms with van der Waals surface area (Å²) in [7, 11) is -3.31. The molecule has 130 valence electrons. The monoisotopic (exact) mass is 429 g/mol. The predicted molar refractivity (Wildman–Crippen MR) is 103 cm³/mol. The van der Waals surface area contributed by atoms with E-state index in [4.69, 9.17) is 0 Å². The number of aliphatic imine (C=N–C) groups is 1. The fraction of sp³-hybridized carbons (Fsp3) is 0.312. The standard InChI is InChI=1S/C16H20BrN3O2S2/c1-2-18-16(20-12-14-4-3-10-23-14)19-9-11-24(21,22)15-7-5-13(17)6-8-15/h3-8,10H,2,9,11-12H2,1H3,(H2,18,19,20). The molecule has 0 aliphatic rings. The quantitative estimate of drug-likeness (QED) is 0.523. The summed E-state index contributed by atoms with van der Waals surface area (Å²) < 4.78 is 25.5. The van der Waals surface area contributed by atoms with Crippen molar-refractivity contribution >= 4 is 43.1 Å². The van der Waals surface area contributed by atoms with Crippen molar-refractivity contribution in [2.75, 3.05) is 18.8 Å². The first kappa shape index (κ1) is 19.0. The van der Waals surface area contributed by atoms with Crippen molar-refractivity contribution < 1.29 is 8.42 Å². The van der Waals surface area contributed by atoms with Gasteiger partial charge in [0.2, 0.25) is 0 Å². The molecule has 0 unspecified atom stereocenters. The lowest BCUT2D eigenvalue weighted by atomic mass is 10.4. The first-order chi connectivity index (χ1) is 11.5. The molecule has 0 aliphatic carbocycles. The molecule has 0 atom stereocenters. The summed E-state index contributed by atoms with van der Waals surface area (Å²) in [6, 6.07) is 10.7. The molecule has 0 saturated heterocycles. The van der Waals surface area contributed by atoms with Gasteiger partial charge in [-0.2, -0.15) is 0 Å². The Hall–Kier alpha value is -1.38. The zero-order valence-electron chi connectivity index (χ0n) is 13.3. The highest BCUT2D eigenvalue weighted by Gasteiger charge is 2.14. The Balaban J connectivity index is 1.91. The number of benzene rings is 1. The van der Waals surface area contributed by atoms with Crippen LogP contribution in [0.15, 0.2) is 56.1 Å². The van der Waals surface area contributed by atoms with Crippen molar-refractivity contribution in [3.8, 4) is 0 Å². The molecule has 0 aliphatic heterocycles. The maximum Gasteiger partial charge on any atom is 0.191 e. The number of hydrogen-bond acceptors (Lipinski definition) is 4. The minimum atomic E-state index is -3.31. The van der Waals surface area contributed by atoms with Crippen LogP contribution in [0.4, 0.5) is 0 Å². The van der Waals surface area contributed by atoms with Crippen LogP contribution in [-0.2, 0) is 16.4 Å². The summed E-state index contributed by atoms with van der Waals surface area (Å²) >= 11 is 4.95. The molecule has 0 amide bonds. The number of guanidine groups is 1. The minimum Gasteiger partial charge on any atom is -0.357 e. The lowest BCUT2D eigenvalue weighted by Crippen LogP contribution is -2.39. The van der Waals surface area contributed by atoms with E-state index < -0.39 is 9.84 Å². The number of rotatable bonds is 7. The van der Waals surface area contributed by atoms with Crippen LogP contribution >= 0.6 is 27.3 Å². The first-order valence-electron chi connectivity index (χ1n) is 7.54. The number of nitrogens with zero attached hydrogens (tertiary/aromatic N) is 1. The van der Waals surface area contributed by atoms with Gasteiger partial charge >= 0.3 is 0 Å². The Kier molecular flexibility index (Phi) is 7.26. The molecule has 0 fully saturated rings. The van der Waals surface area contributed by atoms with Crippen LogP contribution in [0.5, 0.6) is 0 Å². The summed E-state index contributed by atoms with van der Waals surface area (Å²) in [6.07, 6.45) is 0. The topological polar surface area (TPSA) is 70.6 Å². The predicted octanol–water partition coefficient (Wildman–Crippen LogP) is 3.04. The van der Waals surface area contributed by atoms with E-state index in [2.05, 4.69) is 31.6 Å². The van der Waals surface area contributed by atoms with Crippen molar-refractivity contribution in [3.63, 3.8) is 0 Å². The highest BCUT2D eigenvalue weighted by molar-refractivity contribution is 9.10. The average Bonchev–Trinajstić information content (AvgIpc) is 3.06. The molecule has 5 nitrogen and oxygen atoms in total. The molecule has 1 heterocycles. The smallest absolute Gasteiger partial charge is 0.191 e. The fourth-order valence-corrected chi connectivity index (χ4v) is 4.01. The SMILES string of the molecule is CCNC(=NCc1cccs1)NCCS(=O)(=O)c1ccc(Br)cc1. The van der Waals surface area contributed by atoms with E-state index in [9.17, 15) is 8.42 Å². The maximum atomic E-state index is 12.3. The largest absolute Gasteiger partial charge is 0.357 e. The normalized spacial score (nSPS) is 12.2. The number of hydrogen-bond donors (Lipinski definition) is 2. The van der Waals surface area contributed by atoms with Crippen LogP contribution in [0.2, 0.25) is 0 Å². The molecular formula is C16H20BrN3O2S2. The summed E-state index contributed by atoms with van der Waals surface area (Å²) in [4.78, 5) is 5.95. The first-order valence-corrected chi connectivity index (χ1v) is 10.9. The van der Waals surface area contributed by atoms with Crippen LogP contribution in [0.3, 0.4) is 0 Å². The molecule has 2 rings (SSSR count). The molecular weight excluding hydrogens is 410 g/mol. The zero-order valence-corrected chi connectivity index (χ0v) is 16.5. The summed E-state index contributed by atoms with van der Waals surface area (Å²) in [6.45, 7) is 3.57. The van der Waals surface area contributed by atoms with Gasteiger partial charge in [0.15, 0.2) is 15.8 Å². The Morgan fingerprint density at radius 2 is 1.96 bits per heavy atom. The van der Waals surface area contributed by atoms with E-state index in [0.29, 0.717) is 23.9 Å². The number of thiophene rings is 1. The lowest BCUT2D eigenvalue weighted by Gasteiger charge is -2.11. The number of halogens is 1. The van der Waals surface area contributed by atoms with Crippen molar-refractivity contribution in [3.05, 3.63) is 51.1 Å². The van der Waals surface area contributed by atoms with E-state index >= 15 is 0 Å². The van der Waals surface area contributed by atoms with Crippen LogP contribution in [0, 0.1) is 0 Å². The molecule has 2 N–H and O–H groups in total. The van der Waals surface area contributed by atoms with Gasteiger partial charge in [0.1, 0.15) is 0 Å². The molecule has 1 aromatic carbocycles. The van der Waals surface area contributed by atoms with Crippen molar-refractivity contribution in [1.29, 1.82) is 0 Å². The van der Waals surface area contributed by atoms with E-state index in [1.165, 1.54) is 0 Å². The number of sulfone groups is 1. The van der Waals surface area contributed by atoms with Crippen LogP contribution in [-0.4, -0.2) is 33.2 Å². The molecule has 0 saturated carbocycles. The van der Waals surface area contributed by atoms with E-state index in [1.807, 2.05) is 24.4 Å². The highest BCUT2D eigenvalue weighted by Crippen LogP contribution is 2.15. The zero-order chi connectivity index (χ0) is 17.4. The molecule has 1 aromatic heterocycles. The van der Waals surface area contributed by atoms with Gasteiger partial charge in [-0.3, -0.25) is 0 Å². The summed E-state index contributed by atoms with van der Waals surface area (Å²) in [5.41, 5.74) is 0. The molecule has 2 aromatic rings. The summed E-state index contributed by atoms with van der Waals surface area (Å²) in [5.74, 6) is 0.634. The average molecular weight is 430 g/mol. The second-order valence-corrected chi connectivity index (χ2v) is 9.03.